The SMILES string of the molecule is C=CCOc1ccc(C(=O)OC)cc1.CC.CC. The van der Waals surface area contributed by atoms with E-state index < -0.39 is 0 Å². The van der Waals surface area contributed by atoms with Gasteiger partial charge < -0.3 is 9.47 Å². The lowest BCUT2D eigenvalue weighted by molar-refractivity contribution is 0.0600. The van der Waals surface area contributed by atoms with Crippen molar-refractivity contribution in [2.45, 2.75) is 27.7 Å². The average molecular weight is 252 g/mol. The minimum Gasteiger partial charge on any atom is -0.490 e. The highest BCUT2D eigenvalue weighted by Crippen LogP contribution is 2.12. The molecule has 0 aliphatic rings. The Morgan fingerprint density at radius 2 is 1.67 bits per heavy atom. The van der Waals surface area contributed by atoms with Gasteiger partial charge in [0.15, 0.2) is 0 Å². The van der Waals surface area contributed by atoms with Crippen molar-refractivity contribution in [3.05, 3.63) is 42.5 Å². The molecule has 0 saturated carbocycles. The molecule has 1 aromatic carbocycles. The molecule has 0 heterocycles. The maximum atomic E-state index is 11.1. The van der Waals surface area contributed by atoms with Crippen LogP contribution in [0, 0.1) is 0 Å². The first-order chi connectivity index (χ1) is 8.77. The molecule has 0 fully saturated rings. The summed E-state index contributed by atoms with van der Waals surface area (Å²) in [6, 6.07) is 6.75. The van der Waals surface area contributed by atoms with Crippen molar-refractivity contribution in [1.82, 2.24) is 0 Å². The zero-order valence-electron chi connectivity index (χ0n) is 12.0. The highest BCUT2D eigenvalue weighted by molar-refractivity contribution is 5.89. The molecule has 0 radical (unpaired) electrons. The lowest BCUT2D eigenvalue weighted by Gasteiger charge is -2.03. The summed E-state index contributed by atoms with van der Waals surface area (Å²) in [5.74, 6) is 0.359. The van der Waals surface area contributed by atoms with E-state index in [4.69, 9.17) is 4.74 Å². The Bertz CT molecular complexity index is 315. The third-order valence-corrected chi connectivity index (χ3v) is 1.64. The van der Waals surface area contributed by atoms with Gasteiger partial charge in [-0.15, -0.1) is 0 Å². The molecule has 0 bridgehead atoms. The molecule has 1 rings (SSSR count). The molecule has 0 N–H and O–H groups in total. The molecule has 0 aromatic heterocycles. The van der Waals surface area contributed by atoms with Crippen molar-refractivity contribution < 1.29 is 14.3 Å². The summed E-state index contributed by atoms with van der Waals surface area (Å²) in [4.78, 5) is 11.1. The summed E-state index contributed by atoms with van der Waals surface area (Å²) in [7, 11) is 1.35. The van der Waals surface area contributed by atoms with Gasteiger partial charge in [-0.3, -0.25) is 0 Å². The Hall–Kier alpha value is -1.77. The molecular weight excluding hydrogens is 228 g/mol. The van der Waals surface area contributed by atoms with Crippen LogP contribution in [0.4, 0.5) is 0 Å². The lowest BCUT2D eigenvalue weighted by Crippen LogP contribution is -2.01. The van der Waals surface area contributed by atoms with E-state index in [0.717, 1.165) is 0 Å². The highest BCUT2D eigenvalue weighted by Gasteiger charge is 2.03. The van der Waals surface area contributed by atoms with E-state index >= 15 is 0 Å². The number of carbonyl (C=O) groups excluding carboxylic acids is 1. The fourth-order valence-electron chi connectivity index (χ4n) is 0.960. The molecule has 0 atom stereocenters. The van der Waals surface area contributed by atoms with Crippen LogP contribution in [0.3, 0.4) is 0 Å². The van der Waals surface area contributed by atoms with Gasteiger partial charge in [0.2, 0.25) is 0 Å². The van der Waals surface area contributed by atoms with E-state index in [1.165, 1.54) is 7.11 Å². The van der Waals surface area contributed by atoms with Crippen molar-refractivity contribution in [3.8, 4) is 5.75 Å². The van der Waals surface area contributed by atoms with Crippen molar-refractivity contribution in [1.29, 1.82) is 0 Å². The maximum absolute atomic E-state index is 11.1. The van der Waals surface area contributed by atoms with Gasteiger partial charge in [0.25, 0.3) is 0 Å². The van der Waals surface area contributed by atoms with E-state index in [1.54, 1.807) is 30.3 Å². The summed E-state index contributed by atoms with van der Waals surface area (Å²) in [6.45, 7) is 12.0. The van der Waals surface area contributed by atoms with Gasteiger partial charge in [0.05, 0.1) is 12.7 Å². The van der Waals surface area contributed by atoms with E-state index in [-0.39, 0.29) is 5.97 Å². The van der Waals surface area contributed by atoms with Crippen LogP contribution in [-0.4, -0.2) is 19.7 Å². The van der Waals surface area contributed by atoms with Gasteiger partial charge >= 0.3 is 5.97 Å². The number of benzene rings is 1. The van der Waals surface area contributed by atoms with Gasteiger partial charge in [-0.25, -0.2) is 4.79 Å². The van der Waals surface area contributed by atoms with Gasteiger partial charge in [0.1, 0.15) is 12.4 Å². The quantitative estimate of drug-likeness (QED) is 0.598. The van der Waals surface area contributed by atoms with Crippen LogP contribution in [0.5, 0.6) is 5.75 Å². The average Bonchev–Trinajstić information content (AvgIpc) is 2.49. The van der Waals surface area contributed by atoms with Crippen LogP contribution < -0.4 is 4.74 Å². The molecule has 0 unspecified atom stereocenters. The normalized spacial score (nSPS) is 7.83. The molecule has 0 saturated heterocycles. The summed E-state index contributed by atoms with van der Waals surface area (Å²) >= 11 is 0. The van der Waals surface area contributed by atoms with Crippen LogP contribution in [-0.2, 0) is 4.74 Å². The number of ether oxygens (including phenoxy) is 2. The molecular formula is C15H24O3. The van der Waals surface area contributed by atoms with Crippen LogP contribution in [0.25, 0.3) is 0 Å². The Labute approximate surface area is 110 Å². The van der Waals surface area contributed by atoms with Crippen LogP contribution in [0.15, 0.2) is 36.9 Å². The molecule has 3 nitrogen and oxygen atoms in total. The Balaban J connectivity index is 0. The zero-order valence-corrected chi connectivity index (χ0v) is 12.0. The van der Waals surface area contributed by atoms with Crippen LogP contribution in [0.1, 0.15) is 38.1 Å². The third-order valence-electron chi connectivity index (χ3n) is 1.64. The number of esters is 1. The fraction of sp³-hybridized carbons (Fsp3) is 0.400. The van der Waals surface area contributed by atoms with Crippen molar-refractivity contribution in [2.75, 3.05) is 13.7 Å². The lowest BCUT2D eigenvalue weighted by atomic mass is 10.2. The van der Waals surface area contributed by atoms with Crippen LogP contribution in [0.2, 0.25) is 0 Å². The van der Waals surface area contributed by atoms with Crippen LogP contribution >= 0.6 is 0 Å². The molecule has 0 aliphatic heterocycles. The highest BCUT2D eigenvalue weighted by atomic mass is 16.5. The number of methoxy groups -OCH3 is 1. The Kier molecular flexibility index (Phi) is 13.7. The fourth-order valence-corrected chi connectivity index (χ4v) is 0.960. The minimum absolute atomic E-state index is 0.347. The third kappa shape index (κ3) is 7.49. The summed E-state index contributed by atoms with van der Waals surface area (Å²) in [6.07, 6.45) is 1.66. The second kappa shape index (κ2) is 13.3. The van der Waals surface area contributed by atoms with Crippen molar-refractivity contribution in [3.63, 3.8) is 0 Å². The number of rotatable bonds is 4. The minimum atomic E-state index is -0.347. The molecule has 0 spiro atoms. The number of carbonyl (C=O) groups is 1. The van der Waals surface area contributed by atoms with E-state index in [2.05, 4.69) is 11.3 Å². The predicted octanol–water partition coefficient (Wildman–Crippen LogP) is 4.09. The molecule has 0 amide bonds. The van der Waals surface area contributed by atoms with Gasteiger partial charge in [-0.05, 0) is 24.3 Å². The number of hydrogen-bond acceptors (Lipinski definition) is 3. The summed E-state index contributed by atoms with van der Waals surface area (Å²) < 4.78 is 9.81. The predicted molar refractivity (Wildman–Crippen MR) is 76.2 cm³/mol. The first-order valence-corrected chi connectivity index (χ1v) is 6.20. The summed E-state index contributed by atoms with van der Waals surface area (Å²) in [5, 5.41) is 0. The molecule has 102 valence electrons. The Morgan fingerprint density at radius 1 is 1.17 bits per heavy atom. The van der Waals surface area contributed by atoms with Gasteiger partial charge in [0, 0.05) is 0 Å². The van der Waals surface area contributed by atoms with Gasteiger partial charge in [-0.1, -0.05) is 40.3 Å². The molecule has 0 aliphatic carbocycles. The first kappa shape index (κ1) is 18.6. The summed E-state index contributed by atoms with van der Waals surface area (Å²) in [5.41, 5.74) is 0.512. The Morgan fingerprint density at radius 3 is 2.06 bits per heavy atom. The van der Waals surface area contributed by atoms with Crippen molar-refractivity contribution >= 4 is 5.97 Å². The van der Waals surface area contributed by atoms with E-state index in [1.807, 2.05) is 27.7 Å². The molecule has 18 heavy (non-hydrogen) atoms. The largest absolute Gasteiger partial charge is 0.490 e. The smallest absolute Gasteiger partial charge is 0.337 e. The topological polar surface area (TPSA) is 35.5 Å². The van der Waals surface area contributed by atoms with E-state index in [0.29, 0.717) is 17.9 Å². The zero-order chi connectivity index (χ0) is 14.4. The first-order valence-electron chi connectivity index (χ1n) is 6.20. The second-order valence-corrected chi connectivity index (χ2v) is 2.62. The molecule has 1 aromatic rings. The maximum Gasteiger partial charge on any atom is 0.337 e. The molecule has 3 heteroatoms. The second-order valence-electron chi connectivity index (χ2n) is 2.62. The standard InChI is InChI=1S/C11H12O3.2C2H6/c1-3-8-14-10-6-4-9(5-7-10)11(12)13-2;2*1-2/h3-7H,1,8H2,2H3;2*1-2H3. The van der Waals surface area contributed by atoms with Crippen molar-refractivity contribution in [2.24, 2.45) is 0 Å². The van der Waals surface area contributed by atoms with Gasteiger partial charge in [-0.2, -0.15) is 0 Å². The van der Waals surface area contributed by atoms with E-state index in [9.17, 15) is 4.79 Å². The number of hydrogen-bond donors (Lipinski definition) is 0. The monoisotopic (exact) mass is 252 g/mol.